The lowest BCUT2D eigenvalue weighted by Gasteiger charge is -2.09. The average Bonchev–Trinajstić information content (AvgIpc) is 2.33. The van der Waals surface area contributed by atoms with Crippen LogP contribution in [0.1, 0.15) is 19.2 Å². The van der Waals surface area contributed by atoms with Crippen molar-refractivity contribution < 1.29 is 0 Å². The standard InChI is InChI=1S/C13H14BrClN4/c1-2-3-12-18-11(16)7-13(19-12)17-8-4-5-9(14)10(15)6-8/h4-7H,2-3H2,1H3,(H3,16,17,18,19). The average molecular weight is 342 g/mol. The number of nitrogens with one attached hydrogen (secondary N) is 1. The minimum absolute atomic E-state index is 0.462. The summed E-state index contributed by atoms with van der Waals surface area (Å²) in [7, 11) is 0. The van der Waals surface area contributed by atoms with E-state index in [1.54, 1.807) is 6.07 Å². The topological polar surface area (TPSA) is 63.8 Å². The second-order valence-electron chi connectivity index (χ2n) is 4.10. The molecule has 0 atom stereocenters. The molecule has 0 saturated carbocycles. The number of hydrogen-bond acceptors (Lipinski definition) is 4. The molecule has 0 unspecified atom stereocenters. The largest absolute Gasteiger partial charge is 0.384 e. The van der Waals surface area contributed by atoms with Crippen LogP contribution in [0, 0.1) is 0 Å². The Bertz CT molecular complexity index is 589. The number of anilines is 3. The first-order chi connectivity index (χ1) is 9.08. The van der Waals surface area contributed by atoms with Gasteiger partial charge in [0.1, 0.15) is 17.5 Å². The first-order valence-electron chi connectivity index (χ1n) is 5.94. The Hall–Kier alpha value is -1.33. The van der Waals surface area contributed by atoms with Crippen LogP contribution >= 0.6 is 27.5 Å². The van der Waals surface area contributed by atoms with Gasteiger partial charge in [-0.25, -0.2) is 9.97 Å². The van der Waals surface area contributed by atoms with E-state index in [0.717, 1.165) is 28.8 Å². The second-order valence-corrected chi connectivity index (χ2v) is 5.36. The van der Waals surface area contributed by atoms with Gasteiger partial charge in [-0.3, -0.25) is 0 Å². The Balaban J connectivity index is 2.24. The van der Waals surface area contributed by atoms with Gasteiger partial charge in [0.05, 0.1) is 5.02 Å². The number of hydrogen-bond donors (Lipinski definition) is 2. The minimum atomic E-state index is 0.462. The summed E-state index contributed by atoms with van der Waals surface area (Å²) in [6, 6.07) is 7.31. The molecule has 0 saturated heterocycles. The molecule has 0 aliphatic rings. The van der Waals surface area contributed by atoms with Crippen LogP contribution in [0.3, 0.4) is 0 Å². The van der Waals surface area contributed by atoms with Gasteiger partial charge in [0.15, 0.2) is 0 Å². The molecule has 0 aliphatic heterocycles. The molecule has 1 aromatic heterocycles. The van der Waals surface area contributed by atoms with Gasteiger partial charge in [-0.1, -0.05) is 18.5 Å². The van der Waals surface area contributed by atoms with E-state index in [1.165, 1.54) is 0 Å². The Kier molecular flexibility index (Phi) is 4.61. The van der Waals surface area contributed by atoms with Crippen molar-refractivity contribution in [1.82, 2.24) is 9.97 Å². The molecule has 0 amide bonds. The van der Waals surface area contributed by atoms with Gasteiger partial charge in [0.2, 0.25) is 0 Å². The van der Waals surface area contributed by atoms with Crippen LogP contribution in [-0.2, 0) is 6.42 Å². The third-order valence-corrected chi connectivity index (χ3v) is 3.69. The van der Waals surface area contributed by atoms with E-state index in [1.807, 2.05) is 18.2 Å². The Morgan fingerprint density at radius 1 is 1.32 bits per heavy atom. The molecule has 0 spiro atoms. The van der Waals surface area contributed by atoms with Crippen molar-refractivity contribution in [3.63, 3.8) is 0 Å². The van der Waals surface area contributed by atoms with Gasteiger partial charge >= 0.3 is 0 Å². The zero-order valence-electron chi connectivity index (χ0n) is 10.5. The van der Waals surface area contributed by atoms with Crippen molar-refractivity contribution in [1.29, 1.82) is 0 Å². The molecule has 2 aromatic rings. The summed E-state index contributed by atoms with van der Waals surface area (Å²) in [6.07, 6.45) is 1.79. The molecule has 6 heteroatoms. The van der Waals surface area contributed by atoms with Crippen LogP contribution in [0.4, 0.5) is 17.3 Å². The molecule has 0 bridgehead atoms. The molecule has 1 aromatic carbocycles. The van der Waals surface area contributed by atoms with Crippen molar-refractivity contribution >= 4 is 44.9 Å². The number of rotatable bonds is 4. The fraction of sp³-hybridized carbons (Fsp3) is 0.231. The van der Waals surface area contributed by atoms with Gasteiger partial charge in [0.25, 0.3) is 0 Å². The van der Waals surface area contributed by atoms with E-state index in [9.17, 15) is 0 Å². The van der Waals surface area contributed by atoms with Crippen molar-refractivity contribution in [2.75, 3.05) is 11.1 Å². The summed E-state index contributed by atoms with van der Waals surface area (Å²) in [4.78, 5) is 8.60. The molecule has 2 rings (SSSR count). The van der Waals surface area contributed by atoms with Crippen molar-refractivity contribution in [2.45, 2.75) is 19.8 Å². The normalized spacial score (nSPS) is 10.5. The Morgan fingerprint density at radius 2 is 2.11 bits per heavy atom. The first-order valence-corrected chi connectivity index (χ1v) is 7.11. The van der Waals surface area contributed by atoms with Crippen molar-refractivity contribution in [3.8, 4) is 0 Å². The maximum absolute atomic E-state index is 6.05. The third-order valence-electron chi connectivity index (χ3n) is 2.46. The Labute approximate surface area is 125 Å². The molecular formula is C13H14BrClN4. The number of aromatic nitrogens is 2. The highest BCUT2D eigenvalue weighted by Crippen LogP contribution is 2.27. The van der Waals surface area contributed by atoms with Crippen LogP contribution in [0.15, 0.2) is 28.7 Å². The van der Waals surface area contributed by atoms with E-state index in [-0.39, 0.29) is 0 Å². The lowest BCUT2D eigenvalue weighted by atomic mass is 10.3. The molecule has 0 aliphatic carbocycles. The lowest BCUT2D eigenvalue weighted by Crippen LogP contribution is -2.03. The summed E-state index contributed by atoms with van der Waals surface area (Å²) >= 11 is 9.40. The van der Waals surface area contributed by atoms with Crippen LogP contribution in [0.25, 0.3) is 0 Å². The van der Waals surface area contributed by atoms with Gasteiger partial charge in [-0.2, -0.15) is 0 Å². The maximum Gasteiger partial charge on any atom is 0.136 e. The van der Waals surface area contributed by atoms with Crippen molar-refractivity contribution in [2.24, 2.45) is 0 Å². The second kappa shape index (κ2) is 6.21. The van der Waals surface area contributed by atoms with Gasteiger partial charge < -0.3 is 11.1 Å². The minimum Gasteiger partial charge on any atom is -0.384 e. The molecule has 1 heterocycles. The first kappa shape index (κ1) is 14.1. The molecule has 4 nitrogen and oxygen atoms in total. The van der Waals surface area contributed by atoms with E-state index in [4.69, 9.17) is 17.3 Å². The number of nitrogen functional groups attached to an aromatic ring is 1. The lowest BCUT2D eigenvalue weighted by molar-refractivity contribution is 0.839. The monoisotopic (exact) mass is 340 g/mol. The van der Waals surface area contributed by atoms with Gasteiger partial charge in [-0.05, 0) is 40.5 Å². The number of aryl methyl sites for hydroxylation is 1. The summed E-state index contributed by atoms with van der Waals surface area (Å²) in [5.41, 5.74) is 6.63. The van der Waals surface area contributed by atoms with Crippen LogP contribution in [0.5, 0.6) is 0 Å². The molecule has 19 heavy (non-hydrogen) atoms. The Morgan fingerprint density at radius 3 is 2.79 bits per heavy atom. The highest BCUT2D eigenvalue weighted by molar-refractivity contribution is 9.10. The van der Waals surface area contributed by atoms with E-state index < -0.39 is 0 Å². The third kappa shape index (κ3) is 3.81. The van der Waals surface area contributed by atoms with Gasteiger partial charge in [0, 0.05) is 22.6 Å². The van der Waals surface area contributed by atoms with Crippen molar-refractivity contribution in [3.05, 3.63) is 39.6 Å². The van der Waals surface area contributed by atoms with E-state index in [0.29, 0.717) is 16.7 Å². The fourth-order valence-electron chi connectivity index (χ4n) is 1.64. The highest BCUT2D eigenvalue weighted by Gasteiger charge is 2.04. The fourth-order valence-corrected chi connectivity index (χ4v) is 2.07. The maximum atomic E-state index is 6.05. The zero-order chi connectivity index (χ0) is 13.8. The molecule has 100 valence electrons. The number of nitrogens with two attached hydrogens (primary N) is 1. The van der Waals surface area contributed by atoms with Crippen LogP contribution < -0.4 is 11.1 Å². The molecule has 0 radical (unpaired) electrons. The van der Waals surface area contributed by atoms with E-state index >= 15 is 0 Å². The number of nitrogens with zero attached hydrogens (tertiary/aromatic N) is 2. The summed E-state index contributed by atoms with van der Waals surface area (Å²) in [5, 5.41) is 3.81. The highest BCUT2D eigenvalue weighted by atomic mass is 79.9. The zero-order valence-corrected chi connectivity index (χ0v) is 12.8. The summed E-state index contributed by atoms with van der Waals surface area (Å²) < 4.78 is 0.855. The van der Waals surface area contributed by atoms with Crippen LogP contribution in [0.2, 0.25) is 5.02 Å². The molecule has 0 fully saturated rings. The predicted molar refractivity (Wildman–Crippen MR) is 82.9 cm³/mol. The molecule has 3 N–H and O–H groups in total. The quantitative estimate of drug-likeness (QED) is 0.876. The van der Waals surface area contributed by atoms with Crippen LogP contribution in [-0.4, -0.2) is 9.97 Å². The predicted octanol–water partition coefficient (Wildman–Crippen LogP) is 4.17. The molecular weight excluding hydrogens is 328 g/mol. The number of halogens is 2. The van der Waals surface area contributed by atoms with E-state index in [2.05, 4.69) is 38.1 Å². The number of benzene rings is 1. The smallest absolute Gasteiger partial charge is 0.136 e. The van der Waals surface area contributed by atoms with Gasteiger partial charge in [-0.15, -0.1) is 0 Å². The summed E-state index contributed by atoms with van der Waals surface area (Å²) in [5.74, 6) is 1.88. The SMILES string of the molecule is CCCc1nc(N)cc(Nc2ccc(Br)c(Cl)c2)n1. The summed E-state index contributed by atoms with van der Waals surface area (Å²) in [6.45, 7) is 2.08.